The van der Waals surface area contributed by atoms with Gasteiger partial charge in [0.2, 0.25) is 0 Å². The van der Waals surface area contributed by atoms with Gasteiger partial charge in [-0.1, -0.05) is 60.7 Å². The maximum atomic E-state index is 11.8. The lowest BCUT2D eigenvalue weighted by Gasteiger charge is -2.34. The molecular weight excluding hydrogens is 364 g/mol. The zero-order valence-electron chi connectivity index (χ0n) is 16.4. The molecule has 1 heterocycles. The normalized spacial score (nSPS) is 17.8. The molecule has 0 aromatic heterocycles. The van der Waals surface area contributed by atoms with E-state index in [0.717, 1.165) is 22.4 Å². The lowest BCUT2D eigenvalue weighted by Crippen LogP contribution is -2.25. The minimum Gasteiger partial charge on any atom is -0.508 e. The van der Waals surface area contributed by atoms with Crippen LogP contribution in [0.1, 0.15) is 41.0 Å². The first-order valence-corrected chi connectivity index (χ1v) is 9.91. The first-order chi connectivity index (χ1) is 14.2. The number of benzene rings is 3. The third-order valence-electron chi connectivity index (χ3n) is 5.37. The van der Waals surface area contributed by atoms with Crippen molar-refractivity contribution < 1.29 is 19.4 Å². The number of phenolic OH excluding ortho intramolecular Hbond substituents is 1. The van der Waals surface area contributed by atoms with Gasteiger partial charge < -0.3 is 14.6 Å². The summed E-state index contributed by atoms with van der Waals surface area (Å²) in [5.74, 6) is 0.958. The van der Waals surface area contributed by atoms with Crippen LogP contribution in [0, 0.1) is 0 Å². The molecule has 0 aliphatic carbocycles. The first kappa shape index (κ1) is 19.1. The van der Waals surface area contributed by atoms with Gasteiger partial charge in [-0.15, -0.1) is 0 Å². The van der Waals surface area contributed by atoms with E-state index in [-0.39, 0.29) is 30.0 Å². The van der Waals surface area contributed by atoms with Crippen molar-refractivity contribution >= 4 is 5.97 Å². The summed E-state index contributed by atoms with van der Waals surface area (Å²) in [5, 5.41) is 9.87. The Balaban J connectivity index is 1.70. The van der Waals surface area contributed by atoms with Crippen LogP contribution in [0.25, 0.3) is 0 Å². The lowest BCUT2D eigenvalue weighted by atomic mass is 9.75. The highest BCUT2D eigenvalue weighted by Crippen LogP contribution is 2.46. The minimum absolute atomic E-state index is 0.0957. The molecule has 1 aliphatic rings. The number of carbonyl (C=O) groups is 1. The van der Waals surface area contributed by atoms with Crippen molar-refractivity contribution in [1.29, 1.82) is 0 Å². The van der Waals surface area contributed by atoms with Gasteiger partial charge in [-0.25, -0.2) is 0 Å². The van der Waals surface area contributed by atoms with E-state index in [0.29, 0.717) is 13.2 Å². The van der Waals surface area contributed by atoms with Crippen molar-refractivity contribution in [3.05, 3.63) is 95.1 Å². The second-order valence-corrected chi connectivity index (χ2v) is 7.25. The van der Waals surface area contributed by atoms with Gasteiger partial charge in [0.05, 0.1) is 19.6 Å². The van der Waals surface area contributed by atoms with Crippen LogP contribution in [0.5, 0.6) is 11.5 Å². The molecule has 0 radical (unpaired) electrons. The van der Waals surface area contributed by atoms with Gasteiger partial charge in [-0.05, 0) is 29.7 Å². The fourth-order valence-corrected chi connectivity index (χ4v) is 4.02. The molecule has 148 valence electrons. The molecule has 4 heteroatoms. The molecule has 0 fully saturated rings. The summed E-state index contributed by atoms with van der Waals surface area (Å²) in [6.07, 6.45) is 0.272. The summed E-state index contributed by atoms with van der Waals surface area (Å²) in [5.41, 5.74) is 4.36. The van der Waals surface area contributed by atoms with Crippen molar-refractivity contribution in [2.24, 2.45) is 0 Å². The van der Waals surface area contributed by atoms with Crippen molar-refractivity contribution in [1.82, 2.24) is 0 Å². The van der Waals surface area contributed by atoms with E-state index in [9.17, 15) is 9.90 Å². The Bertz CT molecular complexity index is 979. The van der Waals surface area contributed by atoms with E-state index >= 15 is 0 Å². The minimum atomic E-state index is -0.214. The molecule has 29 heavy (non-hydrogen) atoms. The topological polar surface area (TPSA) is 55.8 Å². The third-order valence-corrected chi connectivity index (χ3v) is 5.37. The number of phenols is 1. The van der Waals surface area contributed by atoms with Crippen LogP contribution in [0.4, 0.5) is 0 Å². The number of rotatable bonds is 5. The molecule has 3 aromatic rings. The van der Waals surface area contributed by atoms with Crippen molar-refractivity contribution in [2.75, 3.05) is 13.2 Å². The molecular formula is C25H24O4. The van der Waals surface area contributed by atoms with E-state index < -0.39 is 0 Å². The fraction of sp³-hybridized carbons (Fsp3) is 0.240. The Morgan fingerprint density at radius 1 is 1.03 bits per heavy atom. The number of fused-ring (bicyclic) bond motifs is 1. The monoisotopic (exact) mass is 388 g/mol. The Hall–Kier alpha value is -3.27. The van der Waals surface area contributed by atoms with Gasteiger partial charge in [0.15, 0.2) is 0 Å². The van der Waals surface area contributed by atoms with Gasteiger partial charge >= 0.3 is 5.97 Å². The highest BCUT2D eigenvalue weighted by Gasteiger charge is 2.33. The standard InChI is InChI=1S/C25H24O4/c1-2-28-24(27)14-17-8-10-19(11-9-17)25-21-13-12-20(26)15-23(21)29-16-22(25)18-6-4-3-5-7-18/h3-13,15,22,25-26H,2,14,16H2,1H3/t22-,25-/m1/s1. The summed E-state index contributed by atoms with van der Waals surface area (Å²) >= 11 is 0. The van der Waals surface area contributed by atoms with Gasteiger partial charge in [0.1, 0.15) is 11.5 Å². The smallest absolute Gasteiger partial charge is 0.310 e. The first-order valence-electron chi connectivity index (χ1n) is 9.91. The Morgan fingerprint density at radius 3 is 2.52 bits per heavy atom. The SMILES string of the molecule is CCOC(=O)Cc1ccc([C@@H]2c3ccc(O)cc3OC[C@@H]2c2ccccc2)cc1. The summed E-state index contributed by atoms with van der Waals surface area (Å²) in [6.45, 7) is 2.74. The van der Waals surface area contributed by atoms with E-state index in [1.807, 2.05) is 43.3 Å². The van der Waals surface area contributed by atoms with Crippen LogP contribution >= 0.6 is 0 Å². The lowest BCUT2D eigenvalue weighted by molar-refractivity contribution is -0.142. The van der Waals surface area contributed by atoms with Crippen molar-refractivity contribution in [3.8, 4) is 11.5 Å². The number of aromatic hydroxyl groups is 1. The van der Waals surface area contributed by atoms with Crippen LogP contribution in [0.3, 0.4) is 0 Å². The molecule has 2 atom stereocenters. The third kappa shape index (κ3) is 4.11. The molecule has 4 nitrogen and oxygen atoms in total. The number of carbonyl (C=O) groups excluding carboxylic acids is 1. The Labute approximate surface area is 170 Å². The molecule has 0 spiro atoms. The largest absolute Gasteiger partial charge is 0.508 e. The van der Waals surface area contributed by atoms with Crippen LogP contribution in [0.15, 0.2) is 72.8 Å². The zero-order chi connectivity index (χ0) is 20.2. The Kier molecular flexibility index (Phi) is 5.52. The summed E-state index contributed by atoms with van der Waals surface area (Å²) in [6, 6.07) is 23.8. The summed E-state index contributed by atoms with van der Waals surface area (Å²) in [4.78, 5) is 11.8. The average molecular weight is 388 g/mol. The quantitative estimate of drug-likeness (QED) is 0.638. The van der Waals surface area contributed by atoms with Crippen LogP contribution in [-0.2, 0) is 16.0 Å². The molecule has 1 N–H and O–H groups in total. The van der Waals surface area contributed by atoms with Crippen molar-refractivity contribution in [3.63, 3.8) is 0 Å². The number of ether oxygens (including phenoxy) is 2. The zero-order valence-corrected chi connectivity index (χ0v) is 16.4. The molecule has 4 rings (SSSR count). The Morgan fingerprint density at radius 2 is 1.79 bits per heavy atom. The van der Waals surface area contributed by atoms with Crippen LogP contribution < -0.4 is 4.74 Å². The summed E-state index contributed by atoms with van der Waals surface area (Å²) in [7, 11) is 0. The van der Waals surface area contributed by atoms with E-state index in [1.54, 1.807) is 12.1 Å². The highest BCUT2D eigenvalue weighted by molar-refractivity contribution is 5.72. The number of hydrogen-bond donors (Lipinski definition) is 1. The number of esters is 1. The predicted octanol–water partition coefficient (Wildman–Crippen LogP) is 4.81. The number of hydrogen-bond acceptors (Lipinski definition) is 4. The maximum Gasteiger partial charge on any atom is 0.310 e. The van der Waals surface area contributed by atoms with E-state index in [1.165, 1.54) is 5.56 Å². The molecule has 1 aliphatic heterocycles. The van der Waals surface area contributed by atoms with Gasteiger partial charge in [-0.3, -0.25) is 4.79 Å². The predicted molar refractivity (Wildman–Crippen MR) is 111 cm³/mol. The van der Waals surface area contributed by atoms with Crippen LogP contribution in [-0.4, -0.2) is 24.3 Å². The highest BCUT2D eigenvalue weighted by atomic mass is 16.5. The van der Waals surface area contributed by atoms with Gasteiger partial charge in [0.25, 0.3) is 0 Å². The summed E-state index contributed by atoms with van der Waals surface area (Å²) < 4.78 is 11.1. The van der Waals surface area contributed by atoms with Gasteiger partial charge in [-0.2, -0.15) is 0 Å². The molecule has 0 amide bonds. The second-order valence-electron chi connectivity index (χ2n) is 7.25. The molecule has 3 aromatic carbocycles. The van der Waals surface area contributed by atoms with E-state index in [4.69, 9.17) is 9.47 Å². The average Bonchev–Trinajstić information content (AvgIpc) is 2.74. The molecule has 0 saturated heterocycles. The van der Waals surface area contributed by atoms with Gasteiger partial charge in [0, 0.05) is 23.5 Å². The molecule has 0 saturated carbocycles. The van der Waals surface area contributed by atoms with Crippen molar-refractivity contribution in [2.45, 2.75) is 25.2 Å². The van der Waals surface area contributed by atoms with Crippen LogP contribution in [0.2, 0.25) is 0 Å². The maximum absolute atomic E-state index is 11.8. The molecule has 0 unspecified atom stereocenters. The molecule has 0 bridgehead atoms. The van der Waals surface area contributed by atoms with E-state index in [2.05, 4.69) is 24.3 Å². The fourth-order valence-electron chi connectivity index (χ4n) is 4.02. The second kappa shape index (κ2) is 8.39.